The van der Waals surface area contributed by atoms with Crippen LogP contribution in [0.1, 0.15) is 67.0 Å². The maximum Gasteiger partial charge on any atom is 0.223 e. The standard InChI is InChI=1S/C26H31N3O/c1-18-12-13-19(2)20(14-18)16-29-24-11-7-6-10-23(24)27-26(29)21-15-25(30)28(17-21)22-8-4-3-5-9-22/h6-7,10-14,21-22H,3-5,8-9,15-17H2,1-2H3. The van der Waals surface area contributed by atoms with Crippen molar-refractivity contribution >= 4 is 16.9 Å². The van der Waals surface area contributed by atoms with Gasteiger partial charge in [0.1, 0.15) is 5.82 Å². The maximum absolute atomic E-state index is 12.9. The molecule has 1 atom stereocenters. The number of likely N-dealkylation sites (tertiary alicyclic amines) is 1. The van der Waals surface area contributed by atoms with Crippen LogP contribution in [0.2, 0.25) is 0 Å². The highest BCUT2D eigenvalue weighted by molar-refractivity contribution is 5.81. The smallest absolute Gasteiger partial charge is 0.223 e. The Balaban J connectivity index is 1.51. The van der Waals surface area contributed by atoms with Crippen molar-refractivity contribution in [1.82, 2.24) is 14.5 Å². The second-order valence-electron chi connectivity index (χ2n) is 9.21. The van der Waals surface area contributed by atoms with Gasteiger partial charge in [0.25, 0.3) is 0 Å². The summed E-state index contributed by atoms with van der Waals surface area (Å²) in [6.45, 7) is 5.95. The van der Waals surface area contributed by atoms with E-state index in [1.165, 1.54) is 36.0 Å². The lowest BCUT2D eigenvalue weighted by Crippen LogP contribution is -2.37. The highest BCUT2D eigenvalue weighted by Gasteiger charge is 2.37. The molecule has 1 aromatic heterocycles. The molecule has 30 heavy (non-hydrogen) atoms. The number of rotatable bonds is 4. The van der Waals surface area contributed by atoms with Crippen molar-refractivity contribution in [3.63, 3.8) is 0 Å². The van der Waals surface area contributed by atoms with E-state index < -0.39 is 0 Å². The Labute approximate surface area is 178 Å². The molecule has 4 heteroatoms. The molecule has 0 radical (unpaired) electrons. The zero-order valence-corrected chi connectivity index (χ0v) is 18.1. The van der Waals surface area contributed by atoms with E-state index in [-0.39, 0.29) is 5.92 Å². The molecule has 1 aliphatic heterocycles. The summed E-state index contributed by atoms with van der Waals surface area (Å²) in [5, 5.41) is 0. The minimum Gasteiger partial charge on any atom is -0.339 e. The predicted octanol–water partition coefficient (Wildman–Crippen LogP) is 5.35. The number of amides is 1. The van der Waals surface area contributed by atoms with Gasteiger partial charge in [0.05, 0.1) is 11.0 Å². The van der Waals surface area contributed by atoms with E-state index >= 15 is 0 Å². The summed E-state index contributed by atoms with van der Waals surface area (Å²) in [6.07, 6.45) is 6.74. The van der Waals surface area contributed by atoms with Crippen LogP contribution in [0.3, 0.4) is 0 Å². The van der Waals surface area contributed by atoms with Gasteiger partial charge in [0.2, 0.25) is 5.91 Å². The first-order valence-corrected chi connectivity index (χ1v) is 11.4. The number of carbonyl (C=O) groups excluding carboxylic acids is 1. The molecule has 1 aliphatic carbocycles. The fourth-order valence-corrected chi connectivity index (χ4v) is 5.36. The molecular formula is C26H31N3O. The number of fused-ring (bicyclic) bond motifs is 1. The molecule has 5 rings (SSSR count). The van der Waals surface area contributed by atoms with Crippen LogP contribution in [-0.4, -0.2) is 32.9 Å². The van der Waals surface area contributed by atoms with Gasteiger partial charge in [-0.15, -0.1) is 0 Å². The average Bonchev–Trinajstić information content (AvgIpc) is 3.32. The van der Waals surface area contributed by atoms with Crippen molar-refractivity contribution < 1.29 is 4.79 Å². The van der Waals surface area contributed by atoms with Gasteiger partial charge in [-0.3, -0.25) is 4.79 Å². The molecule has 2 fully saturated rings. The molecule has 2 heterocycles. The van der Waals surface area contributed by atoms with Gasteiger partial charge >= 0.3 is 0 Å². The summed E-state index contributed by atoms with van der Waals surface area (Å²) >= 11 is 0. The van der Waals surface area contributed by atoms with Crippen LogP contribution in [0.5, 0.6) is 0 Å². The number of hydrogen-bond donors (Lipinski definition) is 0. The average molecular weight is 402 g/mol. The normalized spacial score (nSPS) is 20.4. The van der Waals surface area contributed by atoms with Crippen LogP contribution in [0.4, 0.5) is 0 Å². The fourth-order valence-electron chi connectivity index (χ4n) is 5.36. The molecule has 1 amide bonds. The van der Waals surface area contributed by atoms with Crippen molar-refractivity contribution in [1.29, 1.82) is 0 Å². The highest BCUT2D eigenvalue weighted by atomic mass is 16.2. The third-order valence-electron chi connectivity index (χ3n) is 7.06. The Morgan fingerprint density at radius 1 is 1.03 bits per heavy atom. The van der Waals surface area contributed by atoms with Gasteiger partial charge in [0, 0.05) is 31.5 Å². The lowest BCUT2D eigenvalue weighted by molar-refractivity contribution is -0.130. The van der Waals surface area contributed by atoms with Gasteiger partial charge in [-0.05, 0) is 49.9 Å². The number of nitrogens with zero attached hydrogens (tertiary/aromatic N) is 3. The molecular weight excluding hydrogens is 370 g/mol. The first kappa shape index (κ1) is 19.3. The van der Waals surface area contributed by atoms with Crippen LogP contribution >= 0.6 is 0 Å². The van der Waals surface area contributed by atoms with Crippen molar-refractivity contribution in [3.8, 4) is 0 Å². The lowest BCUT2D eigenvalue weighted by atomic mass is 9.94. The minimum atomic E-state index is 0.178. The van der Waals surface area contributed by atoms with Gasteiger partial charge in [-0.1, -0.05) is 55.2 Å². The zero-order valence-electron chi connectivity index (χ0n) is 18.1. The number of benzene rings is 2. The molecule has 0 N–H and O–H groups in total. The van der Waals surface area contributed by atoms with E-state index in [1.807, 2.05) is 0 Å². The third kappa shape index (κ3) is 3.53. The predicted molar refractivity (Wildman–Crippen MR) is 121 cm³/mol. The van der Waals surface area contributed by atoms with E-state index in [4.69, 9.17) is 4.98 Å². The van der Waals surface area contributed by atoms with Gasteiger partial charge in [-0.2, -0.15) is 0 Å². The molecule has 2 aliphatic rings. The van der Waals surface area contributed by atoms with Gasteiger partial charge < -0.3 is 9.47 Å². The molecule has 3 aromatic rings. The number of imidazole rings is 1. The van der Waals surface area contributed by atoms with Crippen molar-refractivity contribution in [3.05, 3.63) is 65.0 Å². The SMILES string of the molecule is Cc1ccc(C)c(Cn2c(C3CC(=O)N(C4CCCCC4)C3)nc3ccccc32)c1. The molecule has 156 valence electrons. The van der Waals surface area contributed by atoms with Crippen LogP contribution in [0.15, 0.2) is 42.5 Å². The number of carbonyl (C=O) groups is 1. The van der Waals surface area contributed by atoms with Crippen molar-refractivity contribution in [2.45, 2.75) is 70.9 Å². The second kappa shape index (κ2) is 7.90. The Morgan fingerprint density at radius 3 is 2.67 bits per heavy atom. The molecule has 2 aromatic carbocycles. The zero-order chi connectivity index (χ0) is 20.7. The summed E-state index contributed by atoms with van der Waals surface area (Å²) in [6, 6.07) is 15.5. The Bertz CT molecular complexity index is 1080. The Hall–Kier alpha value is -2.62. The van der Waals surface area contributed by atoms with Gasteiger partial charge in [-0.25, -0.2) is 4.98 Å². The van der Waals surface area contributed by atoms with E-state index in [9.17, 15) is 4.79 Å². The molecule has 1 saturated carbocycles. The molecule has 4 nitrogen and oxygen atoms in total. The Kier molecular flexibility index (Phi) is 5.10. The van der Waals surface area contributed by atoms with Gasteiger partial charge in [0.15, 0.2) is 0 Å². The summed E-state index contributed by atoms with van der Waals surface area (Å²) in [5.41, 5.74) is 6.10. The molecule has 1 unspecified atom stereocenters. The monoisotopic (exact) mass is 401 g/mol. The number of hydrogen-bond acceptors (Lipinski definition) is 2. The molecule has 0 bridgehead atoms. The first-order chi connectivity index (χ1) is 14.6. The fraction of sp³-hybridized carbons (Fsp3) is 0.462. The van der Waals surface area contributed by atoms with E-state index in [2.05, 4.69) is 65.8 Å². The van der Waals surface area contributed by atoms with Crippen LogP contribution in [0, 0.1) is 13.8 Å². The quantitative estimate of drug-likeness (QED) is 0.591. The van der Waals surface area contributed by atoms with E-state index in [1.54, 1.807) is 0 Å². The molecule has 0 spiro atoms. The van der Waals surface area contributed by atoms with E-state index in [0.29, 0.717) is 18.4 Å². The number of aryl methyl sites for hydroxylation is 2. The largest absolute Gasteiger partial charge is 0.339 e. The summed E-state index contributed by atoms with van der Waals surface area (Å²) < 4.78 is 2.36. The second-order valence-corrected chi connectivity index (χ2v) is 9.21. The minimum absolute atomic E-state index is 0.178. The number of para-hydroxylation sites is 2. The van der Waals surface area contributed by atoms with E-state index in [0.717, 1.165) is 42.8 Å². The van der Waals surface area contributed by atoms with Crippen molar-refractivity contribution in [2.24, 2.45) is 0 Å². The van der Waals surface area contributed by atoms with Crippen molar-refractivity contribution in [2.75, 3.05) is 6.54 Å². The maximum atomic E-state index is 12.9. The van der Waals surface area contributed by atoms with Crippen LogP contribution < -0.4 is 0 Å². The third-order valence-corrected chi connectivity index (χ3v) is 7.06. The van der Waals surface area contributed by atoms with Crippen LogP contribution in [-0.2, 0) is 11.3 Å². The summed E-state index contributed by atoms with van der Waals surface area (Å²) in [7, 11) is 0. The first-order valence-electron chi connectivity index (χ1n) is 11.4. The number of aromatic nitrogens is 2. The van der Waals surface area contributed by atoms with Crippen LogP contribution in [0.25, 0.3) is 11.0 Å². The summed E-state index contributed by atoms with van der Waals surface area (Å²) in [4.78, 5) is 20.1. The Morgan fingerprint density at radius 2 is 1.83 bits per heavy atom. The molecule has 1 saturated heterocycles. The highest BCUT2D eigenvalue weighted by Crippen LogP contribution is 2.35. The summed E-state index contributed by atoms with van der Waals surface area (Å²) in [5.74, 6) is 1.57. The topological polar surface area (TPSA) is 38.1 Å². The lowest BCUT2D eigenvalue weighted by Gasteiger charge is -2.31.